The van der Waals surface area contributed by atoms with Gasteiger partial charge in [0, 0.05) is 19.1 Å². The maximum absolute atomic E-state index is 9.63. The molecule has 76 valence electrons. The van der Waals surface area contributed by atoms with Crippen molar-refractivity contribution in [3.05, 3.63) is 0 Å². The molecule has 1 saturated carbocycles. The molecule has 1 aliphatic carbocycles. The van der Waals surface area contributed by atoms with E-state index in [1.807, 2.05) is 0 Å². The van der Waals surface area contributed by atoms with Gasteiger partial charge in [-0.1, -0.05) is 6.42 Å². The average Bonchev–Trinajstić information content (AvgIpc) is 2.54. The maximum Gasteiger partial charge on any atom is 0.0706 e. The Kier molecular flexibility index (Phi) is 3.19. The summed E-state index contributed by atoms with van der Waals surface area (Å²) in [6.07, 6.45) is 7.15. The molecule has 0 unspecified atom stereocenters. The highest BCUT2D eigenvalue weighted by Gasteiger charge is 2.26. The molecule has 0 aromatic rings. The number of aliphatic hydroxyl groups is 1. The van der Waals surface area contributed by atoms with E-state index < -0.39 is 0 Å². The zero-order chi connectivity index (χ0) is 9.10. The van der Waals surface area contributed by atoms with Crippen LogP contribution in [0.2, 0.25) is 0 Å². The van der Waals surface area contributed by atoms with Gasteiger partial charge in [0.05, 0.1) is 6.10 Å². The summed E-state index contributed by atoms with van der Waals surface area (Å²) in [5.41, 5.74) is 3.45. The van der Waals surface area contributed by atoms with Crippen molar-refractivity contribution in [3.63, 3.8) is 0 Å². The van der Waals surface area contributed by atoms with Gasteiger partial charge in [-0.05, 0) is 32.1 Å². The van der Waals surface area contributed by atoms with Gasteiger partial charge in [-0.25, -0.2) is 10.4 Å². The summed E-state index contributed by atoms with van der Waals surface area (Å²) in [6, 6.07) is 0.332. The van der Waals surface area contributed by atoms with E-state index in [4.69, 9.17) is 0 Å². The molecule has 0 spiro atoms. The fraction of sp³-hybridized carbons (Fsp3) is 1.00. The molecule has 2 aliphatic rings. The van der Waals surface area contributed by atoms with Gasteiger partial charge in [-0.2, -0.15) is 0 Å². The second kappa shape index (κ2) is 4.40. The number of hydrazine groups is 1. The second-order valence-corrected chi connectivity index (χ2v) is 4.28. The lowest BCUT2D eigenvalue weighted by Gasteiger charge is -2.31. The van der Waals surface area contributed by atoms with Crippen molar-refractivity contribution < 1.29 is 5.11 Å². The van der Waals surface area contributed by atoms with Crippen LogP contribution in [0.5, 0.6) is 0 Å². The van der Waals surface area contributed by atoms with E-state index >= 15 is 0 Å². The molecule has 2 N–H and O–H groups in total. The van der Waals surface area contributed by atoms with Crippen molar-refractivity contribution >= 4 is 0 Å². The molecule has 0 bridgehead atoms. The van der Waals surface area contributed by atoms with Gasteiger partial charge in [-0.15, -0.1) is 0 Å². The lowest BCUT2D eigenvalue weighted by molar-refractivity contribution is 0.0702. The number of nitrogens with one attached hydrogen (secondary N) is 1. The topological polar surface area (TPSA) is 35.5 Å². The third kappa shape index (κ3) is 2.42. The second-order valence-electron chi connectivity index (χ2n) is 4.28. The first-order chi connectivity index (χ1) is 6.36. The summed E-state index contributed by atoms with van der Waals surface area (Å²) in [4.78, 5) is 0. The van der Waals surface area contributed by atoms with Crippen LogP contribution in [0.25, 0.3) is 0 Å². The van der Waals surface area contributed by atoms with Crippen molar-refractivity contribution in [1.29, 1.82) is 0 Å². The first-order valence-electron chi connectivity index (χ1n) is 5.55. The Morgan fingerprint density at radius 1 is 1.00 bits per heavy atom. The van der Waals surface area contributed by atoms with E-state index in [0.29, 0.717) is 6.04 Å². The van der Waals surface area contributed by atoms with Crippen LogP contribution in [-0.4, -0.2) is 35.4 Å². The summed E-state index contributed by atoms with van der Waals surface area (Å²) in [5, 5.41) is 11.9. The number of piperidine rings is 1. The Morgan fingerprint density at radius 3 is 2.38 bits per heavy atom. The zero-order valence-electron chi connectivity index (χ0n) is 8.21. The quantitative estimate of drug-likeness (QED) is 0.669. The summed E-state index contributed by atoms with van der Waals surface area (Å²) in [6.45, 7) is 2.31. The van der Waals surface area contributed by atoms with E-state index in [-0.39, 0.29) is 6.10 Å². The molecular weight excluding hydrogens is 164 g/mol. The van der Waals surface area contributed by atoms with Crippen LogP contribution >= 0.6 is 0 Å². The zero-order valence-corrected chi connectivity index (χ0v) is 8.21. The maximum atomic E-state index is 9.63. The highest BCUT2D eigenvalue weighted by molar-refractivity contribution is 4.82. The third-order valence-electron chi connectivity index (χ3n) is 3.18. The smallest absolute Gasteiger partial charge is 0.0706 e. The Labute approximate surface area is 80.1 Å². The molecule has 3 nitrogen and oxygen atoms in total. The number of aliphatic hydroxyl groups excluding tert-OH is 1. The molecule has 1 aliphatic heterocycles. The first-order valence-corrected chi connectivity index (χ1v) is 5.55. The van der Waals surface area contributed by atoms with Crippen molar-refractivity contribution in [2.24, 2.45) is 0 Å². The largest absolute Gasteiger partial charge is 0.391 e. The van der Waals surface area contributed by atoms with Gasteiger partial charge in [0.25, 0.3) is 0 Å². The van der Waals surface area contributed by atoms with Crippen molar-refractivity contribution in [1.82, 2.24) is 10.4 Å². The molecule has 1 saturated heterocycles. The molecule has 0 amide bonds. The molecule has 0 radical (unpaired) electrons. The normalized spacial score (nSPS) is 36.7. The summed E-state index contributed by atoms with van der Waals surface area (Å²) in [5.74, 6) is 0. The minimum atomic E-state index is -0.109. The predicted octanol–water partition coefficient (Wildman–Crippen LogP) is 0.890. The van der Waals surface area contributed by atoms with E-state index in [1.54, 1.807) is 0 Å². The highest BCUT2D eigenvalue weighted by atomic mass is 16.3. The molecule has 2 atom stereocenters. The third-order valence-corrected chi connectivity index (χ3v) is 3.18. The van der Waals surface area contributed by atoms with Crippen molar-refractivity contribution in [2.45, 2.75) is 50.7 Å². The number of hydrogen-bond acceptors (Lipinski definition) is 3. The van der Waals surface area contributed by atoms with Gasteiger partial charge >= 0.3 is 0 Å². The number of nitrogens with zero attached hydrogens (tertiary/aromatic N) is 1. The van der Waals surface area contributed by atoms with Crippen LogP contribution in [0.1, 0.15) is 38.5 Å². The Morgan fingerprint density at radius 2 is 1.77 bits per heavy atom. The van der Waals surface area contributed by atoms with Crippen molar-refractivity contribution in [3.8, 4) is 0 Å². The molecule has 2 rings (SSSR count). The first kappa shape index (κ1) is 9.44. The molecule has 2 fully saturated rings. The Balaban J connectivity index is 1.75. The molecule has 1 heterocycles. The van der Waals surface area contributed by atoms with Crippen molar-refractivity contribution in [2.75, 3.05) is 13.1 Å². The van der Waals surface area contributed by atoms with Crippen LogP contribution < -0.4 is 5.43 Å². The molecule has 0 aromatic heterocycles. The van der Waals surface area contributed by atoms with Gasteiger partial charge in [-0.3, -0.25) is 0 Å². The Bertz CT molecular complexity index is 157. The lowest BCUT2D eigenvalue weighted by Crippen LogP contribution is -2.49. The van der Waals surface area contributed by atoms with E-state index in [1.165, 1.54) is 25.7 Å². The van der Waals surface area contributed by atoms with E-state index in [0.717, 1.165) is 25.9 Å². The van der Waals surface area contributed by atoms with E-state index in [9.17, 15) is 5.11 Å². The number of hydrogen-bond donors (Lipinski definition) is 2. The highest BCUT2D eigenvalue weighted by Crippen LogP contribution is 2.19. The minimum Gasteiger partial charge on any atom is -0.391 e. The van der Waals surface area contributed by atoms with Crippen LogP contribution in [-0.2, 0) is 0 Å². The molecule has 13 heavy (non-hydrogen) atoms. The summed E-state index contributed by atoms with van der Waals surface area (Å²) in [7, 11) is 0. The number of rotatable bonds is 2. The van der Waals surface area contributed by atoms with Crippen LogP contribution in [0.4, 0.5) is 0 Å². The SMILES string of the molecule is O[C@@H]1CCC[C@H]1NN1CCCCC1. The van der Waals surface area contributed by atoms with E-state index in [2.05, 4.69) is 10.4 Å². The average molecular weight is 184 g/mol. The van der Waals surface area contributed by atoms with Gasteiger partial charge in [0.1, 0.15) is 0 Å². The molecule has 0 aromatic carbocycles. The molecule has 3 heteroatoms. The lowest BCUT2D eigenvalue weighted by atomic mass is 10.1. The van der Waals surface area contributed by atoms with Crippen LogP contribution in [0.15, 0.2) is 0 Å². The standard InChI is InChI=1S/C10H20N2O/c13-10-6-4-5-9(10)11-12-7-2-1-3-8-12/h9-11,13H,1-8H2/t9-,10-/m1/s1. The minimum absolute atomic E-state index is 0.109. The van der Waals surface area contributed by atoms with Crippen LogP contribution in [0, 0.1) is 0 Å². The Hall–Kier alpha value is -0.120. The van der Waals surface area contributed by atoms with Gasteiger partial charge in [0.15, 0.2) is 0 Å². The fourth-order valence-corrected chi connectivity index (χ4v) is 2.35. The molecular formula is C10H20N2O. The van der Waals surface area contributed by atoms with Gasteiger partial charge in [0.2, 0.25) is 0 Å². The van der Waals surface area contributed by atoms with Gasteiger partial charge < -0.3 is 5.11 Å². The summed E-state index contributed by atoms with van der Waals surface area (Å²) < 4.78 is 0. The summed E-state index contributed by atoms with van der Waals surface area (Å²) >= 11 is 0. The monoisotopic (exact) mass is 184 g/mol. The van der Waals surface area contributed by atoms with Crippen LogP contribution in [0.3, 0.4) is 0 Å². The fourth-order valence-electron chi connectivity index (χ4n) is 2.35. The predicted molar refractivity (Wildman–Crippen MR) is 52.2 cm³/mol.